The van der Waals surface area contributed by atoms with Crippen molar-refractivity contribution in [3.05, 3.63) is 52.8 Å². The molecule has 2 N–H and O–H groups in total. The molecule has 1 aromatic carbocycles. The molecular formula is C22H27N3O3. The molecule has 1 amide bonds. The molecule has 0 aliphatic carbocycles. The lowest BCUT2D eigenvalue weighted by Gasteiger charge is -2.31. The molecule has 1 fully saturated rings. The van der Waals surface area contributed by atoms with Gasteiger partial charge in [0.15, 0.2) is 11.6 Å². The van der Waals surface area contributed by atoms with Gasteiger partial charge in [-0.15, -0.1) is 0 Å². The number of H-pyrrole nitrogens is 1. The maximum absolute atomic E-state index is 12.8. The normalized spacial score (nSPS) is 17.3. The lowest BCUT2D eigenvalue weighted by molar-refractivity contribution is -0.121. The number of likely N-dealkylation sites (tertiary alicyclic amines) is 1. The Bertz CT molecular complexity index is 886. The number of nitrogens with zero attached hydrogens (tertiary/aromatic N) is 1. The lowest BCUT2D eigenvalue weighted by atomic mass is 9.96. The second kappa shape index (κ2) is 8.52. The van der Waals surface area contributed by atoms with Crippen molar-refractivity contribution in [1.82, 2.24) is 9.88 Å². The van der Waals surface area contributed by atoms with Crippen LogP contribution in [0.1, 0.15) is 51.9 Å². The average molecular weight is 381 g/mol. The number of ketones is 2. The van der Waals surface area contributed by atoms with E-state index >= 15 is 0 Å². The van der Waals surface area contributed by atoms with E-state index in [1.807, 2.05) is 42.2 Å². The number of benzene rings is 1. The third-order valence-electron chi connectivity index (χ3n) is 5.35. The molecular weight excluding hydrogens is 354 g/mol. The van der Waals surface area contributed by atoms with Gasteiger partial charge >= 0.3 is 0 Å². The van der Waals surface area contributed by atoms with E-state index in [0.29, 0.717) is 23.4 Å². The molecule has 3 rings (SSSR count). The summed E-state index contributed by atoms with van der Waals surface area (Å²) < 4.78 is 0. The Morgan fingerprint density at radius 1 is 1.18 bits per heavy atom. The number of hydrogen-bond donors (Lipinski definition) is 2. The van der Waals surface area contributed by atoms with Gasteiger partial charge in [-0.3, -0.25) is 19.3 Å². The predicted octanol–water partition coefficient (Wildman–Crippen LogP) is 3.37. The molecule has 0 unspecified atom stereocenters. The summed E-state index contributed by atoms with van der Waals surface area (Å²) >= 11 is 0. The van der Waals surface area contributed by atoms with E-state index in [0.717, 1.165) is 30.8 Å². The highest BCUT2D eigenvalue weighted by molar-refractivity contribution is 6.04. The standard InChI is InChI=1S/C22H27N3O3/c1-14-20(16(3)26)15(2)23-21(14)19(27)13-25-11-7-8-17(12-25)22(28)24-18-9-5-4-6-10-18/h4-6,9-10,17,23H,7-8,11-13H2,1-3H3,(H,24,28)/t17-/m0/s1. The number of hydrogen-bond acceptors (Lipinski definition) is 4. The average Bonchev–Trinajstić information content (AvgIpc) is 2.97. The first-order valence-electron chi connectivity index (χ1n) is 9.68. The van der Waals surface area contributed by atoms with Crippen LogP contribution in [0.5, 0.6) is 0 Å². The lowest BCUT2D eigenvalue weighted by Crippen LogP contribution is -2.43. The molecule has 1 aromatic heterocycles. The van der Waals surface area contributed by atoms with E-state index in [1.54, 1.807) is 6.92 Å². The largest absolute Gasteiger partial charge is 0.355 e. The van der Waals surface area contributed by atoms with Gasteiger partial charge in [0, 0.05) is 23.5 Å². The van der Waals surface area contributed by atoms with Crippen molar-refractivity contribution in [3.8, 4) is 0 Å². The summed E-state index contributed by atoms with van der Waals surface area (Å²) in [4.78, 5) is 42.3. The Morgan fingerprint density at radius 3 is 2.54 bits per heavy atom. The molecule has 1 saturated heterocycles. The highest BCUT2D eigenvalue weighted by Gasteiger charge is 2.28. The van der Waals surface area contributed by atoms with Gasteiger partial charge in [0.25, 0.3) is 0 Å². The predicted molar refractivity (Wildman–Crippen MR) is 109 cm³/mol. The maximum atomic E-state index is 12.8. The van der Waals surface area contributed by atoms with Crippen LogP contribution in [-0.2, 0) is 4.79 Å². The Hall–Kier alpha value is -2.73. The molecule has 6 heteroatoms. The summed E-state index contributed by atoms with van der Waals surface area (Å²) in [7, 11) is 0. The van der Waals surface area contributed by atoms with E-state index in [2.05, 4.69) is 10.3 Å². The maximum Gasteiger partial charge on any atom is 0.228 e. The van der Waals surface area contributed by atoms with Crippen LogP contribution in [0.3, 0.4) is 0 Å². The fraction of sp³-hybridized carbons (Fsp3) is 0.409. The molecule has 148 valence electrons. The smallest absolute Gasteiger partial charge is 0.228 e. The van der Waals surface area contributed by atoms with E-state index in [1.165, 1.54) is 6.92 Å². The van der Waals surface area contributed by atoms with Crippen molar-refractivity contribution in [2.45, 2.75) is 33.6 Å². The number of aryl methyl sites for hydroxylation is 1. The number of aromatic nitrogens is 1. The van der Waals surface area contributed by atoms with Crippen molar-refractivity contribution >= 4 is 23.2 Å². The van der Waals surface area contributed by atoms with E-state index in [4.69, 9.17) is 0 Å². The second-order valence-corrected chi connectivity index (χ2v) is 7.53. The van der Waals surface area contributed by atoms with E-state index in [9.17, 15) is 14.4 Å². The van der Waals surface area contributed by atoms with Gasteiger partial charge in [-0.1, -0.05) is 18.2 Å². The number of carbonyl (C=O) groups excluding carboxylic acids is 3. The monoisotopic (exact) mass is 381 g/mol. The van der Waals surface area contributed by atoms with Gasteiger partial charge < -0.3 is 10.3 Å². The minimum absolute atomic E-state index is 0.00545. The molecule has 0 radical (unpaired) electrons. The third-order valence-corrected chi connectivity index (χ3v) is 5.35. The molecule has 0 bridgehead atoms. The summed E-state index contributed by atoms with van der Waals surface area (Å²) in [6.07, 6.45) is 1.69. The van der Waals surface area contributed by atoms with Gasteiger partial charge in [-0.05, 0) is 57.9 Å². The second-order valence-electron chi connectivity index (χ2n) is 7.53. The Labute approximate surface area is 165 Å². The van der Waals surface area contributed by atoms with Gasteiger partial charge in [0.2, 0.25) is 5.91 Å². The zero-order valence-corrected chi connectivity index (χ0v) is 16.7. The molecule has 2 aromatic rings. The zero-order chi connectivity index (χ0) is 20.3. The summed E-state index contributed by atoms with van der Waals surface area (Å²) in [6, 6.07) is 9.41. The first-order valence-corrected chi connectivity index (χ1v) is 9.68. The fourth-order valence-corrected chi connectivity index (χ4v) is 4.02. The number of rotatable bonds is 6. The molecule has 28 heavy (non-hydrogen) atoms. The SMILES string of the molecule is CC(=O)c1c(C)[nH]c(C(=O)CN2CCC[C@H](C(=O)Nc3ccccc3)C2)c1C. The van der Waals surface area contributed by atoms with Gasteiger partial charge in [-0.2, -0.15) is 0 Å². The first kappa shape index (κ1) is 20.0. The van der Waals surface area contributed by atoms with Crippen LogP contribution in [0.4, 0.5) is 5.69 Å². The topological polar surface area (TPSA) is 82.3 Å². The van der Waals surface area contributed by atoms with Crippen molar-refractivity contribution in [3.63, 3.8) is 0 Å². The summed E-state index contributed by atoms with van der Waals surface area (Å²) in [5.41, 5.74) is 3.33. The van der Waals surface area contributed by atoms with E-state index in [-0.39, 0.29) is 29.9 Å². The molecule has 2 heterocycles. The van der Waals surface area contributed by atoms with Crippen LogP contribution in [0, 0.1) is 19.8 Å². The van der Waals surface area contributed by atoms with Gasteiger partial charge in [-0.25, -0.2) is 0 Å². The van der Waals surface area contributed by atoms with Crippen molar-refractivity contribution in [2.75, 3.05) is 25.0 Å². The number of aromatic amines is 1. The Morgan fingerprint density at radius 2 is 1.89 bits per heavy atom. The van der Waals surface area contributed by atoms with Gasteiger partial charge in [0.1, 0.15) is 0 Å². The third kappa shape index (κ3) is 4.39. The quantitative estimate of drug-likeness (QED) is 0.752. The number of amides is 1. The zero-order valence-electron chi connectivity index (χ0n) is 16.7. The Balaban J connectivity index is 1.63. The van der Waals surface area contributed by atoms with E-state index < -0.39 is 0 Å². The summed E-state index contributed by atoms with van der Waals surface area (Å²) in [5, 5.41) is 2.96. The molecule has 0 spiro atoms. The molecule has 6 nitrogen and oxygen atoms in total. The molecule has 1 aliphatic heterocycles. The highest BCUT2D eigenvalue weighted by Crippen LogP contribution is 2.22. The van der Waals surface area contributed by atoms with Crippen LogP contribution in [-0.4, -0.2) is 47.0 Å². The molecule has 1 aliphatic rings. The first-order chi connectivity index (χ1) is 13.4. The van der Waals surface area contributed by atoms with Crippen molar-refractivity contribution < 1.29 is 14.4 Å². The number of carbonyl (C=O) groups is 3. The van der Waals surface area contributed by atoms with Crippen LogP contribution in [0.2, 0.25) is 0 Å². The fourth-order valence-electron chi connectivity index (χ4n) is 4.02. The number of anilines is 1. The van der Waals surface area contributed by atoms with Gasteiger partial charge in [0.05, 0.1) is 18.2 Å². The minimum atomic E-state index is -0.138. The number of piperidine rings is 1. The van der Waals surface area contributed by atoms with Crippen LogP contribution < -0.4 is 5.32 Å². The van der Waals surface area contributed by atoms with Crippen LogP contribution >= 0.6 is 0 Å². The number of nitrogens with one attached hydrogen (secondary N) is 2. The number of Topliss-reactive ketones (excluding diaryl/α,β-unsaturated/α-hetero) is 2. The molecule has 1 atom stereocenters. The summed E-state index contributed by atoms with van der Waals surface area (Å²) in [6.45, 7) is 6.72. The Kier molecular flexibility index (Phi) is 6.09. The van der Waals surface area contributed by atoms with Crippen molar-refractivity contribution in [2.24, 2.45) is 5.92 Å². The highest BCUT2D eigenvalue weighted by atomic mass is 16.2. The molecule has 0 saturated carbocycles. The minimum Gasteiger partial charge on any atom is -0.355 e. The van der Waals surface area contributed by atoms with Crippen molar-refractivity contribution in [1.29, 1.82) is 0 Å². The van der Waals surface area contributed by atoms with Crippen LogP contribution in [0.25, 0.3) is 0 Å². The van der Waals surface area contributed by atoms with Crippen LogP contribution in [0.15, 0.2) is 30.3 Å². The number of para-hydroxylation sites is 1. The summed E-state index contributed by atoms with van der Waals surface area (Å²) in [5.74, 6) is -0.228.